The number of carboxylic acid groups (broad SMARTS) is 1. The third-order valence-electron chi connectivity index (χ3n) is 6.76. The van der Waals surface area contributed by atoms with E-state index in [4.69, 9.17) is 10.00 Å². The fourth-order valence-corrected chi connectivity index (χ4v) is 4.65. The number of nitrogens with zero attached hydrogens (tertiary/aromatic N) is 2. The normalized spacial score (nSPS) is 15.3. The van der Waals surface area contributed by atoms with Crippen LogP contribution in [0, 0.1) is 17.1 Å². The number of carbonyl (C=O) groups is 1. The van der Waals surface area contributed by atoms with E-state index in [9.17, 15) is 27.5 Å². The van der Waals surface area contributed by atoms with Gasteiger partial charge < -0.3 is 14.7 Å². The summed E-state index contributed by atoms with van der Waals surface area (Å²) in [6.45, 7) is 0.568. The van der Waals surface area contributed by atoms with Crippen LogP contribution in [0.25, 0.3) is 11.1 Å². The average molecular weight is 513 g/mol. The summed E-state index contributed by atoms with van der Waals surface area (Å²) >= 11 is 0. The van der Waals surface area contributed by atoms with Crippen molar-refractivity contribution in [2.24, 2.45) is 0 Å². The van der Waals surface area contributed by atoms with Gasteiger partial charge in [0.2, 0.25) is 0 Å². The van der Waals surface area contributed by atoms with Crippen molar-refractivity contribution in [1.82, 2.24) is 4.90 Å². The number of nitriles is 1. The van der Waals surface area contributed by atoms with Crippen LogP contribution in [-0.2, 0) is 22.9 Å². The Morgan fingerprint density at radius 3 is 2.22 bits per heavy atom. The van der Waals surface area contributed by atoms with Gasteiger partial charge in [-0.1, -0.05) is 24.3 Å². The molecule has 5 nitrogen and oxygen atoms in total. The molecule has 9 heteroatoms. The van der Waals surface area contributed by atoms with E-state index in [0.29, 0.717) is 35.1 Å². The molecule has 0 aliphatic carbocycles. The minimum atomic E-state index is -4.56. The first kappa shape index (κ1) is 26.2. The van der Waals surface area contributed by atoms with E-state index in [-0.39, 0.29) is 26.3 Å². The Bertz CT molecular complexity index is 1290. The van der Waals surface area contributed by atoms with Crippen molar-refractivity contribution in [1.29, 1.82) is 5.26 Å². The van der Waals surface area contributed by atoms with Gasteiger partial charge >= 0.3 is 12.3 Å². The summed E-state index contributed by atoms with van der Waals surface area (Å²) < 4.78 is 60.5. The van der Waals surface area contributed by atoms with E-state index in [1.807, 2.05) is 6.07 Å². The molecule has 1 saturated heterocycles. The number of benzene rings is 3. The van der Waals surface area contributed by atoms with Crippen LogP contribution in [0.1, 0.15) is 35.1 Å². The molecule has 0 saturated carbocycles. The quantitative estimate of drug-likeness (QED) is 0.377. The van der Waals surface area contributed by atoms with Crippen molar-refractivity contribution in [2.75, 3.05) is 19.7 Å². The van der Waals surface area contributed by atoms with Crippen molar-refractivity contribution in [3.05, 3.63) is 94.8 Å². The minimum Gasteiger partial charge on any atom is -0.465 e. The summed E-state index contributed by atoms with van der Waals surface area (Å²) in [6, 6.07) is 17.9. The Hall–Kier alpha value is -3.90. The topological polar surface area (TPSA) is 73.6 Å². The fraction of sp³-hybridized carbons (Fsp3) is 0.286. The van der Waals surface area contributed by atoms with Crippen LogP contribution < -0.4 is 0 Å². The number of rotatable bonds is 6. The Kier molecular flexibility index (Phi) is 7.50. The fourth-order valence-electron chi connectivity index (χ4n) is 4.65. The number of amides is 1. The molecule has 1 aliphatic heterocycles. The zero-order valence-electron chi connectivity index (χ0n) is 19.8. The van der Waals surface area contributed by atoms with E-state index in [1.165, 1.54) is 17.0 Å². The van der Waals surface area contributed by atoms with Crippen molar-refractivity contribution >= 4 is 6.09 Å². The Labute approximate surface area is 211 Å². The van der Waals surface area contributed by atoms with E-state index in [2.05, 4.69) is 0 Å². The highest BCUT2D eigenvalue weighted by Gasteiger charge is 2.38. The summed E-state index contributed by atoms with van der Waals surface area (Å²) in [6.07, 6.45) is -4.71. The largest absolute Gasteiger partial charge is 0.465 e. The third-order valence-corrected chi connectivity index (χ3v) is 6.76. The molecule has 1 N–H and O–H groups in total. The molecule has 1 fully saturated rings. The number of ether oxygens (including phenoxy) is 1. The zero-order valence-corrected chi connectivity index (χ0v) is 19.8. The molecule has 4 rings (SSSR count). The maximum Gasteiger partial charge on any atom is 0.416 e. The monoisotopic (exact) mass is 512 g/mol. The molecule has 3 aromatic carbocycles. The lowest BCUT2D eigenvalue weighted by Gasteiger charge is -2.41. The van der Waals surface area contributed by atoms with Gasteiger partial charge in [-0.15, -0.1) is 0 Å². The van der Waals surface area contributed by atoms with Gasteiger partial charge in [0.15, 0.2) is 0 Å². The van der Waals surface area contributed by atoms with Gasteiger partial charge in [-0.2, -0.15) is 18.4 Å². The molecule has 0 atom stereocenters. The molecule has 3 aromatic rings. The second-order valence-corrected chi connectivity index (χ2v) is 9.16. The number of alkyl halides is 3. The smallest absolute Gasteiger partial charge is 0.416 e. The van der Waals surface area contributed by atoms with Crippen LogP contribution in [-0.4, -0.2) is 35.8 Å². The maximum absolute atomic E-state index is 13.6. The lowest BCUT2D eigenvalue weighted by Crippen LogP contribution is -2.47. The number of piperidine rings is 1. The number of hydrogen-bond donors (Lipinski definition) is 1. The second kappa shape index (κ2) is 10.6. The van der Waals surface area contributed by atoms with Crippen LogP contribution in [0.15, 0.2) is 66.7 Å². The predicted octanol–water partition coefficient (Wildman–Crippen LogP) is 6.61. The van der Waals surface area contributed by atoms with Crippen molar-refractivity contribution < 1.29 is 32.2 Å². The Balaban J connectivity index is 1.57. The van der Waals surface area contributed by atoms with E-state index < -0.39 is 29.1 Å². The molecule has 192 valence electrons. The van der Waals surface area contributed by atoms with Crippen molar-refractivity contribution in [3.63, 3.8) is 0 Å². The molecule has 37 heavy (non-hydrogen) atoms. The second-order valence-electron chi connectivity index (χ2n) is 9.16. The molecule has 0 aromatic heterocycles. The van der Waals surface area contributed by atoms with Gasteiger partial charge in [0.25, 0.3) is 0 Å². The SMILES string of the molecule is N#Cc1ccc(-c2cc(COCC3(c4ccc(F)cc4)CCN(C(=O)O)CC3)cc(C(F)(F)F)c2)cc1. The predicted molar refractivity (Wildman–Crippen MR) is 128 cm³/mol. The van der Waals surface area contributed by atoms with Gasteiger partial charge in [-0.05, 0) is 77.6 Å². The van der Waals surface area contributed by atoms with Crippen LogP contribution in [0.5, 0.6) is 0 Å². The summed E-state index contributed by atoms with van der Waals surface area (Å²) in [7, 11) is 0. The molecule has 0 radical (unpaired) electrons. The summed E-state index contributed by atoms with van der Waals surface area (Å²) in [5, 5.41) is 18.3. The van der Waals surface area contributed by atoms with Crippen LogP contribution >= 0.6 is 0 Å². The standard InChI is InChI=1S/C28H24F4N2O3/c29-25-7-5-23(6-8-25)27(9-11-34(12-10-27)26(35)36)18-37-17-20-13-22(15-24(14-20)28(30,31)32)21-3-1-19(16-33)2-4-21/h1-8,13-15H,9-12,17-18H2,(H,35,36). The molecule has 0 spiro atoms. The summed E-state index contributed by atoms with van der Waals surface area (Å²) in [4.78, 5) is 12.7. The molecule has 1 aliphatic rings. The molecule has 0 bridgehead atoms. The van der Waals surface area contributed by atoms with Crippen LogP contribution in [0.4, 0.5) is 22.4 Å². The van der Waals surface area contributed by atoms with Crippen LogP contribution in [0.2, 0.25) is 0 Å². The highest BCUT2D eigenvalue weighted by molar-refractivity contribution is 5.66. The zero-order chi connectivity index (χ0) is 26.6. The van der Waals surface area contributed by atoms with Gasteiger partial charge in [0.05, 0.1) is 30.4 Å². The molecular weight excluding hydrogens is 488 g/mol. The van der Waals surface area contributed by atoms with Gasteiger partial charge in [-0.25, -0.2) is 9.18 Å². The Morgan fingerprint density at radius 1 is 1.00 bits per heavy atom. The minimum absolute atomic E-state index is 0.0984. The molecule has 1 amide bonds. The van der Waals surface area contributed by atoms with E-state index >= 15 is 0 Å². The average Bonchev–Trinajstić information content (AvgIpc) is 2.88. The van der Waals surface area contributed by atoms with Gasteiger partial charge in [0.1, 0.15) is 5.82 Å². The lowest BCUT2D eigenvalue weighted by molar-refractivity contribution is -0.137. The van der Waals surface area contributed by atoms with Crippen molar-refractivity contribution in [2.45, 2.75) is 31.0 Å². The molecular formula is C28H24F4N2O3. The first-order valence-electron chi connectivity index (χ1n) is 11.6. The Morgan fingerprint density at radius 2 is 1.65 bits per heavy atom. The molecule has 0 unspecified atom stereocenters. The lowest BCUT2D eigenvalue weighted by atomic mass is 9.73. The highest BCUT2D eigenvalue weighted by Crippen LogP contribution is 2.37. The van der Waals surface area contributed by atoms with E-state index in [1.54, 1.807) is 42.5 Å². The van der Waals surface area contributed by atoms with Crippen molar-refractivity contribution in [3.8, 4) is 17.2 Å². The maximum atomic E-state index is 13.6. The first-order valence-corrected chi connectivity index (χ1v) is 11.6. The number of hydrogen-bond acceptors (Lipinski definition) is 3. The van der Waals surface area contributed by atoms with E-state index in [0.717, 1.165) is 17.7 Å². The highest BCUT2D eigenvalue weighted by atomic mass is 19.4. The number of halogens is 4. The summed E-state index contributed by atoms with van der Waals surface area (Å²) in [5.74, 6) is -0.401. The first-order chi connectivity index (χ1) is 17.6. The summed E-state index contributed by atoms with van der Waals surface area (Å²) in [5.41, 5.74) is 0.996. The van der Waals surface area contributed by atoms with Gasteiger partial charge in [-0.3, -0.25) is 0 Å². The molecule has 1 heterocycles. The third kappa shape index (κ3) is 6.09. The number of likely N-dealkylation sites (tertiary alicyclic amines) is 1. The van der Waals surface area contributed by atoms with Gasteiger partial charge in [0, 0.05) is 18.5 Å². The van der Waals surface area contributed by atoms with Crippen LogP contribution in [0.3, 0.4) is 0 Å².